The number of allylic oxidation sites excluding steroid dienone is 2. The quantitative estimate of drug-likeness (QED) is 0.567. The number of ether oxygens (including phenoxy) is 1. The molecule has 1 atom stereocenters. The van der Waals surface area contributed by atoms with E-state index in [1.807, 2.05) is 6.07 Å². The maximum Gasteiger partial charge on any atom is 0.511 e. The van der Waals surface area contributed by atoms with E-state index in [0.717, 1.165) is 16.7 Å². The third-order valence-electron chi connectivity index (χ3n) is 5.07. The van der Waals surface area contributed by atoms with Crippen molar-refractivity contribution in [2.45, 2.75) is 19.1 Å². The summed E-state index contributed by atoms with van der Waals surface area (Å²) < 4.78 is 46.0. The fourth-order valence-electron chi connectivity index (χ4n) is 3.66. The Labute approximate surface area is 183 Å². The van der Waals surface area contributed by atoms with Gasteiger partial charge >= 0.3 is 18.0 Å². The first kappa shape index (κ1) is 21.7. The Bertz CT molecular complexity index is 1370. The predicted octanol–water partition coefficient (Wildman–Crippen LogP) is 4.13. The largest absolute Gasteiger partial charge is 0.511 e. The van der Waals surface area contributed by atoms with E-state index in [9.17, 15) is 27.9 Å². The van der Waals surface area contributed by atoms with Crippen molar-refractivity contribution in [2.75, 3.05) is 4.90 Å². The molecule has 1 aliphatic heterocycles. The van der Waals surface area contributed by atoms with Gasteiger partial charge in [-0.25, -0.2) is 19.3 Å². The van der Waals surface area contributed by atoms with Gasteiger partial charge in [-0.05, 0) is 42.8 Å². The van der Waals surface area contributed by atoms with Crippen LogP contribution in [0.5, 0.6) is 0 Å². The molecule has 12 heteroatoms. The molecule has 0 spiro atoms. The van der Waals surface area contributed by atoms with Gasteiger partial charge in [-0.3, -0.25) is 4.90 Å². The van der Waals surface area contributed by atoms with Gasteiger partial charge in [0.1, 0.15) is 6.04 Å². The van der Waals surface area contributed by atoms with Gasteiger partial charge in [0.2, 0.25) is 5.95 Å². The molecule has 9 nitrogen and oxygen atoms in total. The molecule has 0 bridgehead atoms. The summed E-state index contributed by atoms with van der Waals surface area (Å²) in [5.41, 5.74) is -0.841. The highest BCUT2D eigenvalue weighted by Crippen LogP contribution is 2.42. The second-order valence-electron chi connectivity index (χ2n) is 7.04. The number of hydrogen-bond donors (Lipinski definition) is 2. The Balaban J connectivity index is 1.97. The molecule has 0 saturated heterocycles. The SMILES string of the molecule is CC1=C(OC(=O)O)C(c2ccc(C#N)cc2)n2c(n[nH]c2=O)N1c1cccc(C(F)(F)F)c1. The summed E-state index contributed by atoms with van der Waals surface area (Å²) in [7, 11) is 0. The van der Waals surface area contributed by atoms with Crippen LogP contribution < -0.4 is 10.6 Å². The van der Waals surface area contributed by atoms with Crippen molar-refractivity contribution in [3.8, 4) is 6.07 Å². The van der Waals surface area contributed by atoms with Crippen molar-refractivity contribution >= 4 is 17.8 Å². The topological polar surface area (TPSA) is 124 Å². The normalized spacial score (nSPS) is 15.7. The molecular formula is C21H14F3N5O4. The Kier molecular flexibility index (Phi) is 5.17. The summed E-state index contributed by atoms with van der Waals surface area (Å²) in [6.07, 6.45) is -6.30. The molecule has 1 aliphatic rings. The number of nitriles is 1. The first-order chi connectivity index (χ1) is 15.6. The van der Waals surface area contributed by atoms with E-state index in [1.54, 1.807) is 0 Å². The van der Waals surface area contributed by atoms with Crippen molar-refractivity contribution in [3.05, 3.63) is 87.2 Å². The fraction of sp³-hybridized carbons (Fsp3) is 0.143. The number of carbonyl (C=O) groups is 1. The van der Waals surface area contributed by atoms with E-state index in [1.165, 1.54) is 48.2 Å². The molecular weight excluding hydrogens is 443 g/mol. The molecule has 2 N–H and O–H groups in total. The lowest BCUT2D eigenvalue weighted by Gasteiger charge is -2.35. The van der Waals surface area contributed by atoms with Gasteiger partial charge in [0.25, 0.3) is 0 Å². The Morgan fingerprint density at radius 2 is 1.94 bits per heavy atom. The van der Waals surface area contributed by atoms with Crippen LogP contribution in [0.2, 0.25) is 0 Å². The highest BCUT2D eigenvalue weighted by molar-refractivity contribution is 5.68. The molecule has 1 unspecified atom stereocenters. The number of alkyl halides is 3. The fourth-order valence-corrected chi connectivity index (χ4v) is 3.66. The van der Waals surface area contributed by atoms with E-state index < -0.39 is 29.6 Å². The van der Waals surface area contributed by atoms with Gasteiger partial charge in [0.15, 0.2) is 5.76 Å². The zero-order valence-corrected chi connectivity index (χ0v) is 16.8. The Hall–Kier alpha value is -4.53. The number of nitrogens with zero attached hydrogens (tertiary/aromatic N) is 4. The number of benzene rings is 2. The molecule has 0 aliphatic carbocycles. The van der Waals surface area contributed by atoms with Gasteiger partial charge in [0.05, 0.1) is 22.9 Å². The average Bonchev–Trinajstić information content (AvgIpc) is 3.14. The molecule has 3 aromatic rings. The lowest BCUT2D eigenvalue weighted by Crippen LogP contribution is -2.36. The zero-order valence-electron chi connectivity index (χ0n) is 16.8. The minimum Gasteiger partial charge on any atom is -0.449 e. The van der Waals surface area contributed by atoms with Crippen LogP contribution in [-0.4, -0.2) is 26.0 Å². The number of anilines is 2. The first-order valence-electron chi connectivity index (χ1n) is 9.37. The first-order valence-corrected chi connectivity index (χ1v) is 9.37. The van der Waals surface area contributed by atoms with E-state index >= 15 is 0 Å². The maximum atomic E-state index is 13.3. The lowest BCUT2D eigenvalue weighted by molar-refractivity contribution is -0.137. The third kappa shape index (κ3) is 3.80. The summed E-state index contributed by atoms with van der Waals surface area (Å²) in [6.45, 7) is 1.44. The molecule has 168 valence electrons. The lowest BCUT2D eigenvalue weighted by atomic mass is 10.00. The molecule has 1 aromatic heterocycles. The molecule has 4 rings (SSSR count). The number of halogens is 3. The van der Waals surface area contributed by atoms with Crippen LogP contribution >= 0.6 is 0 Å². The summed E-state index contributed by atoms with van der Waals surface area (Å²) in [5.74, 6) is -0.274. The van der Waals surface area contributed by atoms with Crippen molar-refractivity contribution in [1.29, 1.82) is 5.26 Å². The van der Waals surface area contributed by atoms with Crippen molar-refractivity contribution in [1.82, 2.24) is 14.8 Å². The van der Waals surface area contributed by atoms with Crippen molar-refractivity contribution in [3.63, 3.8) is 0 Å². The smallest absolute Gasteiger partial charge is 0.449 e. The number of hydrogen-bond acceptors (Lipinski definition) is 6. The Morgan fingerprint density at radius 3 is 2.55 bits per heavy atom. The highest BCUT2D eigenvalue weighted by atomic mass is 19.4. The number of H-pyrrole nitrogens is 1. The summed E-state index contributed by atoms with van der Waals surface area (Å²) >= 11 is 0. The molecule has 0 amide bonds. The van der Waals surface area contributed by atoms with E-state index in [2.05, 4.69) is 10.2 Å². The van der Waals surface area contributed by atoms with E-state index in [0.29, 0.717) is 11.1 Å². The average molecular weight is 457 g/mol. The van der Waals surface area contributed by atoms with Crippen LogP contribution in [0.15, 0.2) is 64.8 Å². The number of aromatic amines is 1. The minimum absolute atomic E-state index is 0.00709. The molecule has 0 saturated carbocycles. The maximum absolute atomic E-state index is 13.3. The highest BCUT2D eigenvalue weighted by Gasteiger charge is 2.39. The van der Waals surface area contributed by atoms with Crippen LogP contribution in [0.25, 0.3) is 0 Å². The van der Waals surface area contributed by atoms with Crippen molar-refractivity contribution in [2.24, 2.45) is 0 Å². The molecule has 2 heterocycles. The number of nitrogens with one attached hydrogen (secondary N) is 1. The summed E-state index contributed by atoms with van der Waals surface area (Å²) in [6, 6.07) is 11.1. The predicted molar refractivity (Wildman–Crippen MR) is 108 cm³/mol. The molecule has 0 fully saturated rings. The monoisotopic (exact) mass is 457 g/mol. The van der Waals surface area contributed by atoms with Crippen LogP contribution in [0.3, 0.4) is 0 Å². The third-order valence-corrected chi connectivity index (χ3v) is 5.07. The standard InChI is InChI=1S/C21H14F3N5O4/c1-11-17(33-20(31)32)16(13-7-5-12(10-25)6-8-13)29-18(26-27-19(29)30)28(11)15-4-2-3-14(9-15)21(22,23)24/h2-9,16H,1H3,(H,27,30)(H,31,32). The molecule has 0 radical (unpaired) electrons. The second-order valence-corrected chi connectivity index (χ2v) is 7.04. The molecule has 2 aromatic carbocycles. The van der Waals surface area contributed by atoms with Gasteiger partial charge < -0.3 is 9.84 Å². The Morgan fingerprint density at radius 1 is 1.24 bits per heavy atom. The number of aromatic nitrogens is 3. The number of carboxylic acid groups (broad SMARTS) is 1. The van der Waals surface area contributed by atoms with Gasteiger partial charge in [-0.15, -0.1) is 5.10 Å². The molecule has 33 heavy (non-hydrogen) atoms. The summed E-state index contributed by atoms with van der Waals surface area (Å²) in [5, 5.41) is 24.6. The van der Waals surface area contributed by atoms with Crippen LogP contribution in [0.1, 0.15) is 29.7 Å². The van der Waals surface area contributed by atoms with Gasteiger partial charge in [-0.1, -0.05) is 18.2 Å². The van der Waals surface area contributed by atoms with Gasteiger partial charge in [0, 0.05) is 5.69 Å². The van der Waals surface area contributed by atoms with Crippen LogP contribution in [-0.2, 0) is 10.9 Å². The minimum atomic E-state index is -4.62. The second kappa shape index (κ2) is 7.86. The van der Waals surface area contributed by atoms with Crippen molar-refractivity contribution < 1.29 is 27.8 Å². The zero-order chi connectivity index (χ0) is 23.9. The van der Waals surface area contributed by atoms with E-state index in [4.69, 9.17) is 10.00 Å². The van der Waals surface area contributed by atoms with Crippen LogP contribution in [0, 0.1) is 11.3 Å². The van der Waals surface area contributed by atoms with Gasteiger partial charge in [-0.2, -0.15) is 18.4 Å². The summed E-state index contributed by atoms with van der Waals surface area (Å²) in [4.78, 5) is 25.3. The number of rotatable bonds is 3. The van der Waals surface area contributed by atoms with Crippen LogP contribution in [0.4, 0.5) is 29.6 Å². The van der Waals surface area contributed by atoms with E-state index in [-0.39, 0.29) is 23.1 Å². The number of fused-ring (bicyclic) bond motifs is 1.